The van der Waals surface area contributed by atoms with Crippen molar-refractivity contribution in [1.29, 1.82) is 0 Å². The maximum Gasteiger partial charge on any atom is 0.235 e. The minimum Gasteiger partial charge on any atom is -0.494 e. The lowest BCUT2D eigenvalue weighted by Crippen LogP contribution is -2.33. The molecule has 0 aliphatic heterocycles. The molecule has 0 bridgehead atoms. The van der Waals surface area contributed by atoms with Gasteiger partial charge in [-0.3, -0.25) is 0 Å². The molecule has 0 aromatic heterocycles. The van der Waals surface area contributed by atoms with Crippen molar-refractivity contribution in [2.24, 2.45) is 4.99 Å². The first-order valence-electron chi connectivity index (χ1n) is 5.25. The number of hydrogen-bond acceptors (Lipinski definition) is 3. The van der Waals surface area contributed by atoms with Crippen LogP contribution in [0.4, 0.5) is 4.39 Å². The fourth-order valence-corrected chi connectivity index (χ4v) is 2.30. The minimum atomic E-state index is -0.802. The van der Waals surface area contributed by atoms with E-state index in [1.54, 1.807) is 0 Å². The topological polar surface area (TPSA) is 38.7 Å². The molecule has 1 aliphatic rings. The van der Waals surface area contributed by atoms with Crippen LogP contribution in [0.25, 0.3) is 0 Å². The van der Waals surface area contributed by atoms with Gasteiger partial charge < -0.3 is 4.74 Å². The van der Waals surface area contributed by atoms with Crippen molar-refractivity contribution in [2.45, 2.75) is 24.8 Å². The molecule has 5 heteroatoms. The number of carbonyl (C=O) groups excluding carboxylic acids is 1. The zero-order valence-corrected chi connectivity index (χ0v) is 10.1. The molecule has 2 rings (SSSR count). The molecule has 1 aliphatic carbocycles. The Labute approximate surface area is 103 Å². The van der Waals surface area contributed by atoms with Gasteiger partial charge in [-0.05, 0) is 25.3 Å². The van der Waals surface area contributed by atoms with Gasteiger partial charge in [0.2, 0.25) is 6.08 Å². The second-order valence-electron chi connectivity index (χ2n) is 4.06. The molecule has 1 aromatic rings. The van der Waals surface area contributed by atoms with E-state index in [9.17, 15) is 9.18 Å². The number of rotatable bonds is 3. The molecule has 1 aromatic carbocycles. The quantitative estimate of drug-likeness (QED) is 0.615. The van der Waals surface area contributed by atoms with Crippen molar-refractivity contribution in [3.05, 3.63) is 28.5 Å². The van der Waals surface area contributed by atoms with Gasteiger partial charge in [0.1, 0.15) is 5.54 Å². The molecule has 0 amide bonds. The van der Waals surface area contributed by atoms with Crippen LogP contribution in [0.3, 0.4) is 0 Å². The normalized spacial score (nSPS) is 16.9. The summed E-state index contributed by atoms with van der Waals surface area (Å²) in [5.41, 5.74) is -0.485. The number of nitrogens with zero attached hydrogens (tertiary/aromatic N) is 1. The van der Waals surface area contributed by atoms with Crippen LogP contribution in [0.5, 0.6) is 5.75 Å². The van der Waals surface area contributed by atoms with Crippen molar-refractivity contribution in [3.8, 4) is 5.75 Å². The average molecular weight is 256 g/mol. The number of isocyanates is 1. The summed E-state index contributed by atoms with van der Waals surface area (Å²) in [6, 6.07) is 2.90. The molecule has 1 saturated carbocycles. The zero-order chi connectivity index (χ0) is 12.5. The average Bonchev–Trinajstić information content (AvgIpc) is 2.26. The molecule has 1 fully saturated rings. The van der Waals surface area contributed by atoms with Crippen LogP contribution in [0.1, 0.15) is 24.8 Å². The molecule has 3 nitrogen and oxygen atoms in total. The summed E-state index contributed by atoms with van der Waals surface area (Å²) in [6.07, 6.45) is 3.68. The standard InChI is InChI=1S/C12H11ClFNO2/c1-17-10-6-8(13)5-9(11(10)14)12(15-7-16)3-2-4-12/h5-6H,2-4H2,1H3. The number of methoxy groups -OCH3 is 1. The number of benzene rings is 1. The van der Waals surface area contributed by atoms with E-state index in [0.717, 1.165) is 6.42 Å². The van der Waals surface area contributed by atoms with Crippen LogP contribution in [0.2, 0.25) is 5.02 Å². The fourth-order valence-electron chi connectivity index (χ4n) is 2.09. The Kier molecular flexibility index (Phi) is 3.18. The van der Waals surface area contributed by atoms with Crippen molar-refractivity contribution < 1.29 is 13.9 Å². The predicted octanol–water partition coefficient (Wildman–Crippen LogP) is 3.20. The highest BCUT2D eigenvalue weighted by molar-refractivity contribution is 6.30. The van der Waals surface area contributed by atoms with E-state index in [4.69, 9.17) is 16.3 Å². The molecule has 0 radical (unpaired) electrons. The molecular weight excluding hydrogens is 245 g/mol. The Balaban J connectivity index is 2.58. The summed E-state index contributed by atoms with van der Waals surface area (Å²) in [5, 5.41) is 0.366. The fraction of sp³-hybridized carbons (Fsp3) is 0.417. The summed E-state index contributed by atoms with van der Waals surface area (Å²) >= 11 is 5.90. The van der Waals surface area contributed by atoms with Crippen molar-refractivity contribution in [3.63, 3.8) is 0 Å². The molecular formula is C12H11ClFNO2. The van der Waals surface area contributed by atoms with Crippen LogP contribution >= 0.6 is 11.6 Å². The lowest BCUT2D eigenvalue weighted by Gasteiger charge is -2.37. The highest BCUT2D eigenvalue weighted by Gasteiger charge is 2.41. The summed E-state index contributed by atoms with van der Waals surface area (Å²) < 4.78 is 19.0. The lowest BCUT2D eigenvalue weighted by molar-refractivity contribution is 0.244. The summed E-state index contributed by atoms with van der Waals surface area (Å²) in [5.74, 6) is -0.435. The van der Waals surface area contributed by atoms with E-state index in [2.05, 4.69) is 4.99 Å². The number of ether oxygens (including phenoxy) is 1. The number of hydrogen-bond donors (Lipinski definition) is 0. The van der Waals surface area contributed by atoms with E-state index < -0.39 is 11.4 Å². The predicted molar refractivity (Wildman–Crippen MR) is 61.6 cm³/mol. The first-order valence-corrected chi connectivity index (χ1v) is 5.63. The van der Waals surface area contributed by atoms with Crippen LogP contribution < -0.4 is 4.74 Å². The highest BCUT2D eigenvalue weighted by Crippen LogP contribution is 2.47. The SMILES string of the molecule is COc1cc(Cl)cc(C2(N=C=O)CCC2)c1F. The van der Waals surface area contributed by atoms with E-state index >= 15 is 0 Å². The van der Waals surface area contributed by atoms with Gasteiger partial charge in [0.25, 0.3) is 0 Å². The molecule has 0 N–H and O–H groups in total. The molecule has 0 saturated heterocycles. The second-order valence-corrected chi connectivity index (χ2v) is 4.49. The Morgan fingerprint density at radius 3 is 2.71 bits per heavy atom. The van der Waals surface area contributed by atoms with Gasteiger partial charge in [-0.25, -0.2) is 9.18 Å². The first-order chi connectivity index (χ1) is 8.13. The smallest absolute Gasteiger partial charge is 0.235 e. The molecule has 0 spiro atoms. The lowest BCUT2D eigenvalue weighted by atomic mass is 9.72. The Morgan fingerprint density at radius 2 is 2.24 bits per heavy atom. The third-order valence-corrected chi connectivity index (χ3v) is 3.38. The second kappa shape index (κ2) is 4.47. The van der Waals surface area contributed by atoms with E-state index in [-0.39, 0.29) is 5.75 Å². The maximum atomic E-state index is 14.1. The monoisotopic (exact) mass is 255 g/mol. The van der Waals surface area contributed by atoms with Crippen LogP contribution in [-0.4, -0.2) is 13.2 Å². The van der Waals surface area contributed by atoms with E-state index in [0.29, 0.717) is 23.4 Å². The Morgan fingerprint density at radius 1 is 1.53 bits per heavy atom. The van der Waals surface area contributed by atoms with Gasteiger partial charge in [-0.1, -0.05) is 11.6 Å². The first kappa shape index (κ1) is 12.1. The van der Waals surface area contributed by atoms with Gasteiger partial charge in [0.15, 0.2) is 11.6 Å². The largest absolute Gasteiger partial charge is 0.494 e. The summed E-state index contributed by atoms with van der Waals surface area (Å²) in [6.45, 7) is 0. The zero-order valence-electron chi connectivity index (χ0n) is 9.30. The molecule has 17 heavy (non-hydrogen) atoms. The number of aliphatic imine (C=N–C) groups is 1. The van der Waals surface area contributed by atoms with Gasteiger partial charge in [-0.15, -0.1) is 0 Å². The third-order valence-electron chi connectivity index (χ3n) is 3.17. The van der Waals surface area contributed by atoms with Crippen LogP contribution in [0.15, 0.2) is 17.1 Å². The Hall–Kier alpha value is -1.38. The van der Waals surface area contributed by atoms with Gasteiger partial charge in [0.05, 0.1) is 7.11 Å². The molecule has 0 heterocycles. The maximum absolute atomic E-state index is 14.1. The molecule has 0 atom stereocenters. The van der Waals surface area contributed by atoms with Gasteiger partial charge >= 0.3 is 0 Å². The summed E-state index contributed by atoms with van der Waals surface area (Å²) in [4.78, 5) is 14.2. The third kappa shape index (κ3) is 1.94. The van der Waals surface area contributed by atoms with E-state index in [1.807, 2.05) is 0 Å². The van der Waals surface area contributed by atoms with E-state index in [1.165, 1.54) is 25.3 Å². The molecule has 90 valence electrons. The molecule has 0 unspecified atom stereocenters. The summed E-state index contributed by atoms with van der Waals surface area (Å²) in [7, 11) is 1.37. The van der Waals surface area contributed by atoms with Crippen molar-refractivity contribution in [2.75, 3.05) is 7.11 Å². The van der Waals surface area contributed by atoms with Gasteiger partial charge in [-0.2, -0.15) is 4.99 Å². The highest BCUT2D eigenvalue weighted by atomic mass is 35.5. The number of halogens is 2. The minimum absolute atomic E-state index is 0.0693. The Bertz CT molecular complexity index is 494. The van der Waals surface area contributed by atoms with Gasteiger partial charge in [0, 0.05) is 16.7 Å². The van der Waals surface area contributed by atoms with Crippen molar-refractivity contribution >= 4 is 17.7 Å². The van der Waals surface area contributed by atoms with Crippen LogP contribution in [0, 0.1) is 5.82 Å². The van der Waals surface area contributed by atoms with Crippen LogP contribution in [-0.2, 0) is 10.3 Å². The van der Waals surface area contributed by atoms with Crippen molar-refractivity contribution in [1.82, 2.24) is 0 Å².